The molecule has 0 heterocycles. The van der Waals surface area contributed by atoms with Crippen LogP contribution in [0.4, 0.5) is 13.2 Å². The Morgan fingerprint density at radius 2 is 1.76 bits per heavy atom. The van der Waals surface area contributed by atoms with E-state index in [1.807, 2.05) is 31.2 Å². The smallest absolute Gasteiger partial charge is 0.418 e. The molecule has 0 aliphatic rings. The molecule has 0 fully saturated rings. The highest BCUT2D eigenvalue weighted by Gasteiger charge is 2.39. The van der Waals surface area contributed by atoms with Crippen LogP contribution in [-0.2, 0) is 6.61 Å². The zero-order valence-corrected chi connectivity index (χ0v) is 11.4. The molecule has 2 aromatic rings. The van der Waals surface area contributed by atoms with Crippen LogP contribution in [-0.4, -0.2) is 11.3 Å². The maximum atomic E-state index is 12.5. The molecule has 2 rings (SSSR count). The summed E-state index contributed by atoms with van der Waals surface area (Å²) >= 11 is 0. The molecule has 21 heavy (non-hydrogen) atoms. The first kappa shape index (κ1) is 15.4. The predicted molar refractivity (Wildman–Crippen MR) is 73.0 cm³/mol. The quantitative estimate of drug-likeness (QED) is 0.917. The first-order valence-electron chi connectivity index (χ1n) is 6.39. The van der Waals surface area contributed by atoms with Gasteiger partial charge in [-0.2, -0.15) is 13.2 Å². The fourth-order valence-electron chi connectivity index (χ4n) is 1.81. The van der Waals surface area contributed by atoms with Crippen LogP contribution in [0.15, 0.2) is 48.5 Å². The molecule has 0 radical (unpaired) electrons. The second-order valence-corrected chi connectivity index (χ2v) is 4.79. The van der Waals surface area contributed by atoms with Crippen molar-refractivity contribution in [3.05, 3.63) is 65.2 Å². The highest BCUT2D eigenvalue weighted by atomic mass is 19.4. The third-order valence-corrected chi connectivity index (χ3v) is 3.01. The van der Waals surface area contributed by atoms with Crippen LogP contribution in [0.5, 0.6) is 5.75 Å². The summed E-state index contributed by atoms with van der Waals surface area (Å²) in [4.78, 5) is 0. The SMILES string of the molecule is Cc1ccc(COc2cccc(C(O)C(F)(F)F)c2)cc1. The van der Waals surface area contributed by atoms with E-state index in [4.69, 9.17) is 4.74 Å². The van der Waals surface area contributed by atoms with Gasteiger partial charge in [0.05, 0.1) is 0 Å². The summed E-state index contributed by atoms with van der Waals surface area (Å²) in [5, 5.41) is 9.22. The minimum Gasteiger partial charge on any atom is -0.489 e. The standard InChI is InChI=1S/C16H15F3O2/c1-11-5-7-12(8-6-11)10-21-14-4-2-3-13(9-14)15(20)16(17,18)19/h2-9,15,20H,10H2,1H3. The van der Waals surface area contributed by atoms with Gasteiger partial charge in [0, 0.05) is 0 Å². The molecule has 2 nitrogen and oxygen atoms in total. The molecule has 112 valence electrons. The van der Waals surface area contributed by atoms with Crippen LogP contribution in [0.1, 0.15) is 22.8 Å². The van der Waals surface area contributed by atoms with E-state index in [9.17, 15) is 18.3 Å². The Bertz CT molecular complexity index is 591. The van der Waals surface area contributed by atoms with E-state index in [-0.39, 0.29) is 17.9 Å². The third kappa shape index (κ3) is 4.23. The topological polar surface area (TPSA) is 29.5 Å². The van der Waals surface area contributed by atoms with Gasteiger partial charge in [-0.25, -0.2) is 0 Å². The number of aryl methyl sites for hydroxylation is 1. The Morgan fingerprint density at radius 3 is 2.38 bits per heavy atom. The summed E-state index contributed by atoms with van der Waals surface area (Å²) in [6.45, 7) is 2.22. The maximum Gasteiger partial charge on any atom is 0.418 e. The number of rotatable bonds is 4. The van der Waals surface area contributed by atoms with Gasteiger partial charge >= 0.3 is 6.18 Å². The number of hydrogen-bond donors (Lipinski definition) is 1. The van der Waals surface area contributed by atoms with Gasteiger partial charge in [0.1, 0.15) is 12.4 Å². The van der Waals surface area contributed by atoms with Crippen LogP contribution in [0.25, 0.3) is 0 Å². The Balaban J connectivity index is 2.06. The van der Waals surface area contributed by atoms with Gasteiger partial charge in [0.2, 0.25) is 0 Å². The van der Waals surface area contributed by atoms with Crippen molar-refractivity contribution in [1.82, 2.24) is 0 Å². The zero-order chi connectivity index (χ0) is 15.5. The van der Waals surface area contributed by atoms with Crippen molar-refractivity contribution in [3.8, 4) is 5.75 Å². The molecular weight excluding hydrogens is 281 g/mol. The molecule has 0 aliphatic carbocycles. The van der Waals surface area contributed by atoms with Gasteiger partial charge in [-0.05, 0) is 30.2 Å². The highest BCUT2D eigenvalue weighted by molar-refractivity contribution is 5.31. The Morgan fingerprint density at radius 1 is 1.10 bits per heavy atom. The van der Waals surface area contributed by atoms with Crippen molar-refractivity contribution in [2.45, 2.75) is 25.8 Å². The summed E-state index contributed by atoms with van der Waals surface area (Å²) in [6.07, 6.45) is -7.18. The highest BCUT2D eigenvalue weighted by Crippen LogP contribution is 2.33. The largest absolute Gasteiger partial charge is 0.489 e. The van der Waals surface area contributed by atoms with Crippen molar-refractivity contribution in [2.75, 3.05) is 0 Å². The van der Waals surface area contributed by atoms with Crippen LogP contribution in [0.2, 0.25) is 0 Å². The second-order valence-electron chi connectivity index (χ2n) is 4.79. The lowest BCUT2D eigenvalue weighted by molar-refractivity contribution is -0.206. The Hall–Kier alpha value is -2.01. The van der Waals surface area contributed by atoms with Gasteiger partial charge in [-0.3, -0.25) is 0 Å². The van der Waals surface area contributed by atoms with Crippen LogP contribution in [0, 0.1) is 6.92 Å². The molecule has 2 aromatic carbocycles. The van der Waals surface area contributed by atoms with Gasteiger partial charge in [0.25, 0.3) is 0 Å². The predicted octanol–water partition coefficient (Wildman–Crippen LogP) is 4.17. The minimum absolute atomic E-state index is 0.232. The molecule has 1 atom stereocenters. The molecule has 0 aliphatic heterocycles. The van der Waals surface area contributed by atoms with E-state index in [0.29, 0.717) is 0 Å². The van der Waals surface area contributed by atoms with Gasteiger partial charge in [-0.15, -0.1) is 0 Å². The molecule has 0 aromatic heterocycles. The summed E-state index contributed by atoms with van der Waals surface area (Å²) in [5.74, 6) is 0.288. The normalized spacial score (nSPS) is 13.0. The number of alkyl halides is 3. The van der Waals surface area contributed by atoms with E-state index in [1.54, 1.807) is 6.07 Å². The Labute approximate surface area is 120 Å². The summed E-state index contributed by atoms with van der Waals surface area (Å²) in [7, 11) is 0. The van der Waals surface area contributed by atoms with E-state index in [2.05, 4.69) is 0 Å². The first-order valence-corrected chi connectivity index (χ1v) is 6.39. The van der Waals surface area contributed by atoms with Crippen LogP contribution >= 0.6 is 0 Å². The average Bonchev–Trinajstić information content (AvgIpc) is 2.45. The van der Waals surface area contributed by atoms with E-state index in [1.165, 1.54) is 18.2 Å². The second kappa shape index (κ2) is 6.18. The first-order chi connectivity index (χ1) is 9.86. The van der Waals surface area contributed by atoms with Crippen molar-refractivity contribution in [3.63, 3.8) is 0 Å². The fraction of sp³-hybridized carbons (Fsp3) is 0.250. The van der Waals surface area contributed by atoms with E-state index in [0.717, 1.165) is 11.1 Å². The maximum absolute atomic E-state index is 12.5. The molecule has 0 amide bonds. The minimum atomic E-state index is -4.68. The molecule has 5 heteroatoms. The number of benzene rings is 2. The number of aliphatic hydroxyl groups is 1. The van der Waals surface area contributed by atoms with Crippen molar-refractivity contribution in [2.24, 2.45) is 0 Å². The monoisotopic (exact) mass is 296 g/mol. The lowest BCUT2D eigenvalue weighted by Gasteiger charge is -2.15. The Kier molecular flexibility index (Phi) is 4.53. The number of halogens is 3. The molecule has 1 unspecified atom stereocenters. The number of hydrogen-bond acceptors (Lipinski definition) is 2. The molecule has 1 N–H and O–H groups in total. The number of aliphatic hydroxyl groups excluding tert-OH is 1. The molecule has 0 spiro atoms. The van der Waals surface area contributed by atoms with Gasteiger partial charge < -0.3 is 9.84 Å². The van der Waals surface area contributed by atoms with Gasteiger partial charge in [-0.1, -0.05) is 42.0 Å². The van der Waals surface area contributed by atoms with E-state index < -0.39 is 12.3 Å². The average molecular weight is 296 g/mol. The van der Waals surface area contributed by atoms with E-state index >= 15 is 0 Å². The lowest BCUT2D eigenvalue weighted by atomic mass is 10.1. The zero-order valence-electron chi connectivity index (χ0n) is 11.4. The van der Waals surface area contributed by atoms with Crippen molar-refractivity contribution in [1.29, 1.82) is 0 Å². The fourth-order valence-corrected chi connectivity index (χ4v) is 1.81. The molecule has 0 saturated heterocycles. The summed E-state index contributed by atoms with van der Waals surface area (Å²) < 4.78 is 42.9. The van der Waals surface area contributed by atoms with Crippen LogP contribution in [0.3, 0.4) is 0 Å². The van der Waals surface area contributed by atoms with Crippen molar-refractivity contribution < 1.29 is 23.0 Å². The molecule has 0 bridgehead atoms. The van der Waals surface area contributed by atoms with Crippen molar-refractivity contribution >= 4 is 0 Å². The molecule has 0 saturated carbocycles. The summed E-state index contributed by atoms with van der Waals surface area (Å²) in [6, 6.07) is 13.1. The summed E-state index contributed by atoms with van der Waals surface area (Å²) in [5.41, 5.74) is 1.81. The number of ether oxygens (including phenoxy) is 1. The third-order valence-electron chi connectivity index (χ3n) is 3.01. The van der Waals surface area contributed by atoms with Gasteiger partial charge in [0.15, 0.2) is 6.10 Å². The molecular formula is C16H15F3O2. The lowest BCUT2D eigenvalue weighted by Crippen LogP contribution is -2.20. The van der Waals surface area contributed by atoms with Crippen LogP contribution < -0.4 is 4.74 Å².